The number of alkyl halides is 5. The van der Waals surface area contributed by atoms with Gasteiger partial charge in [0.25, 0.3) is 0 Å². The minimum Gasteiger partial charge on any atom is -0.319 e. The fourth-order valence-electron chi connectivity index (χ4n) is 1.09. The molecule has 0 spiro atoms. The Balaban J connectivity index is 0.00000289. The summed E-state index contributed by atoms with van der Waals surface area (Å²) in [4.78, 5) is 0. The lowest BCUT2D eigenvalue weighted by Crippen LogP contribution is -2.45. The van der Waals surface area contributed by atoms with E-state index in [0.717, 1.165) is 6.07 Å². The zero-order valence-electron chi connectivity index (χ0n) is 8.44. The lowest BCUT2D eigenvalue weighted by Gasteiger charge is -2.26. The van der Waals surface area contributed by atoms with Gasteiger partial charge in [0.15, 0.2) is 0 Å². The molecule has 0 amide bonds. The third kappa shape index (κ3) is 3.21. The van der Waals surface area contributed by atoms with Crippen molar-refractivity contribution >= 4 is 24.0 Å². The van der Waals surface area contributed by atoms with Crippen LogP contribution in [0.2, 0.25) is 5.02 Å². The normalized spacial score (nSPS) is 14.0. The predicted octanol–water partition coefficient (Wildman–Crippen LogP) is 4.10. The van der Waals surface area contributed by atoms with Gasteiger partial charge in [-0.05, 0) is 17.7 Å². The maximum Gasteiger partial charge on any atom is 0.455 e. The van der Waals surface area contributed by atoms with Crippen LogP contribution in [0.4, 0.5) is 26.3 Å². The summed E-state index contributed by atoms with van der Waals surface area (Å²) in [6.45, 7) is 0. The summed E-state index contributed by atoms with van der Waals surface area (Å²) in [6, 6.07) is -0.600. The number of rotatable bonds is 2. The number of hydrogen-bond acceptors (Lipinski definition) is 1. The summed E-state index contributed by atoms with van der Waals surface area (Å²) in [5.74, 6) is -6.05. The zero-order valence-corrected chi connectivity index (χ0v) is 10.0. The fourth-order valence-corrected chi connectivity index (χ4v) is 1.28. The van der Waals surface area contributed by atoms with Crippen LogP contribution < -0.4 is 5.73 Å². The van der Waals surface area contributed by atoms with E-state index >= 15 is 0 Å². The molecule has 1 atom stereocenters. The first-order valence-electron chi connectivity index (χ1n) is 4.22. The Morgan fingerprint density at radius 1 is 1.11 bits per heavy atom. The standard InChI is InChI=1S/C9H6ClF6N.ClH/c10-5-3-4(1-2-6(5)11)7(17)8(12,13)9(14,15)16;/h1-3,7H,17H2;1H/t7-;/m0./s1. The van der Waals surface area contributed by atoms with Crippen LogP contribution in [0.3, 0.4) is 0 Å². The van der Waals surface area contributed by atoms with Gasteiger partial charge < -0.3 is 5.73 Å². The third-order valence-corrected chi connectivity index (χ3v) is 2.36. The number of benzene rings is 1. The molecule has 9 heteroatoms. The largest absolute Gasteiger partial charge is 0.455 e. The van der Waals surface area contributed by atoms with Gasteiger partial charge in [-0.2, -0.15) is 22.0 Å². The van der Waals surface area contributed by atoms with Gasteiger partial charge in [0.2, 0.25) is 0 Å². The van der Waals surface area contributed by atoms with Gasteiger partial charge >= 0.3 is 12.1 Å². The minimum absolute atomic E-state index is 0. The Kier molecular flexibility index (Phi) is 5.34. The average molecular weight is 314 g/mol. The predicted molar refractivity (Wildman–Crippen MR) is 56.6 cm³/mol. The van der Waals surface area contributed by atoms with Crippen LogP contribution in [0.15, 0.2) is 18.2 Å². The summed E-state index contributed by atoms with van der Waals surface area (Å²) in [6.07, 6.45) is -5.78. The molecular formula is C9H7Cl2F6N. The molecule has 1 aromatic rings. The van der Waals surface area contributed by atoms with Gasteiger partial charge in [0, 0.05) is 0 Å². The third-order valence-electron chi connectivity index (χ3n) is 2.07. The molecule has 0 radical (unpaired) electrons. The van der Waals surface area contributed by atoms with Gasteiger partial charge in [0.05, 0.1) is 5.02 Å². The summed E-state index contributed by atoms with van der Waals surface area (Å²) in [7, 11) is 0. The van der Waals surface area contributed by atoms with Crippen molar-refractivity contribution in [1.82, 2.24) is 0 Å². The lowest BCUT2D eigenvalue weighted by molar-refractivity contribution is -0.291. The van der Waals surface area contributed by atoms with Crippen molar-refractivity contribution in [2.24, 2.45) is 5.73 Å². The van der Waals surface area contributed by atoms with Crippen molar-refractivity contribution in [3.05, 3.63) is 34.6 Å². The van der Waals surface area contributed by atoms with Crippen molar-refractivity contribution in [1.29, 1.82) is 0 Å². The Labute approximate surface area is 109 Å². The van der Waals surface area contributed by atoms with Crippen LogP contribution in [-0.4, -0.2) is 12.1 Å². The van der Waals surface area contributed by atoms with Crippen molar-refractivity contribution in [3.63, 3.8) is 0 Å². The first-order chi connectivity index (χ1) is 7.57. The first-order valence-corrected chi connectivity index (χ1v) is 4.60. The molecule has 0 unspecified atom stereocenters. The van der Waals surface area contributed by atoms with E-state index in [-0.39, 0.29) is 12.4 Å². The fraction of sp³-hybridized carbons (Fsp3) is 0.333. The van der Waals surface area contributed by atoms with Crippen LogP contribution in [0.1, 0.15) is 11.6 Å². The zero-order chi connectivity index (χ0) is 13.4. The highest BCUT2D eigenvalue weighted by Crippen LogP contribution is 2.43. The maximum atomic E-state index is 12.9. The van der Waals surface area contributed by atoms with Crippen LogP contribution in [0.25, 0.3) is 0 Å². The van der Waals surface area contributed by atoms with E-state index < -0.39 is 34.5 Å². The number of nitrogens with two attached hydrogens (primary N) is 1. The molecule has 0 aliphatic heterocycles. The van der Waals surface area contributed by atoms with E-state index in [9.17, 15) is 26.3 Å². The quantitative estimate of drug-likeness (QED) is 0.817. The second-order valence-corrected chi connectivity index (χ2v) is 3.68. The van der Waals surface area contributed by atoms with E-state index in [1.165, 1.54) is 0 Å². The first kappa shape index (κ1) is 17.3. The molecule has 1 aromatic carbocycles. The topological polar surface area (TPSA) is 26.0 Å². The molecule has 0 saturated carbocycles. The van der Waals surface area contributed by atoms with E-state index in [1.807, 2.05) is 0 Å². The molecule has 0 bridgehead atoms. The van der Waals surface area contributed by atoms with Gasteiger partial charge in [-0.15, -0.1) is 12.4 Å². The highest BCUT2D eigenvalue weighted by atomic mass is 35.5. The molecule has 1 rings (SSSR count). The molecule has 0 fully saturated rings. The molecule has 2 N–H and O–H groups in total. The highest BCUT2D eigenvalue weighted by Gasteiger charge is 2.61. The van der Waals surface area contributed by atoms with E-state index in [0.29, 0.717) is 12.1 Å². The summed E-state index contributed by atoms with van der Waals surface area (Å²) < 4.78 is 74.5. The average Bonchev–Trinajstić information content (AvgIpc) is 2.19. The SMILES string of the molecule is Cl.N[C@@H](c1ccc(F)c(Cl)c1)C(F)(F)C(F)(F)F. The van der Waals surface area contributed by atoms with E-state index in [4.69, 9.17) is 17.3 Å². The maximum absolute atomic E-state index is 12.9. The highest BCUT2D eigenvalue weighted by molar-refractivity contribution is 6.30. The molecule has 0 aliphatic rings. The summed E-state index contributed by atoms with van der Waals surface area (Å²) in [5.41, 5.74) is 4.23. The molecule has 0 aliphatic carbocycles. The monoisotopic (exact) mass is 313 g/mol. The Morgan fingerprint density at radius 3 is 2.00 bits per heavy atom. The molecule has 104 valence electrons. The van der Waals surface area contributed by atoms with Crippen molar-refractivity contribution in [3.8, 4) is 0 Å². The summed E-state index contributed by atoms with van der Waals surface area (Å²) in [5, 5.41) is -0.573. The molecular weight excluding hydrogens is 307 g/mol. The summed E-state index contributed by atoms with van der Waals surface area (Å²) >= 11 is 5.27. The smallest absolute Gasteiger partial charge is 0.319 e. The molecule has 0 aromatic heterocycles. The van der Waals surface area contributed by atoms with Gasteiger partial charge in [-0.25, -0.2) is 4.39 Å². The molecule has 0 saturated heterocycles. The Bertz CT molecular complexity index is 420. The van der Waals surface area contributed by atoms with Gasteiger partial charge in [0.1, 0.15) is 11.9 Å². The van der Waals surface area contributed by atoms with Crippen LogP contribution >= 0.6 is 24.0 Å². The van der Waals surface area contributed by atoms with E-state index in [1.54, 1.807) is 0 Å². The Morgan fingerprint density at radius 2 is 1.61 bits per heavy atom. The lowest BCUT2D eigenvalue weighted by atomic mass is 10.0. The van der Waals surface area contributed by atoms with Crippen LogP contribution in [0.5, 0.6) is 0 Å². The number of halogens is 8. The van der Waals surface area contributed by atoms with Gasteiger partial charge in [-0.3, -0.25) is 0 Å². The Hall–Kier alpha value is -0.660. The van der Waals surface area contributed by atoms with Crippen LogP contribution in [0, 0.1) is 5.82 Å². The second-order valence-electron chi connectivity index (χ2n) is 3.27. The van der Waals surface area contributed by atoms with Gasteiger partial charge in [-0.1, -0.05) is 17.7 Å². The molecule has 1 nitrogen and oxygen atoms in total. The molecule has 18 heavy (non-hydrogen) atoms. The van der Waals surface area contributed by atoms with E-state index in [2.05, 4.69) is 0 Å². The molecule has 0 heterocycles. The van der Waals surface area contributed by atoms with Crippen LogP contribution in [-0.2, 0) is 0 Å². The van der Waals surface area contributed by atoms with Crippen molar-refractivity contribution in [2.75, 3.05) is 0 Å². The minimum atomic E-state index is -5.78. The van der Waals surface area contributed by atoms with Crippen molar-refractivity contribution < 1.29 is 26.3 Å². The number of hydrogen-bond donors (Lipinski definition) is 1. The second kappa shape index (κ2) is 5.54. The van der Waals surface area contributed by atoms with Crippen molar-refractivity contribution in [2.45, 2.75) is 18.1 Å².